The van der Waals surface area contributed by atoms with Crippen LogP contribution in [0.25, 0.3) is 0 Å². The van der Waals surface area contributed by atoms with Crippen LogP contribution in [0.2, 0.25) is 0 Å². The molecule has 3 nitrogen and oxygen atoms in total. The van der Waals surface area contributed by atoms with Gasteiger partial charge >= 0.3 is 0 Å². The Kier molecular flexibility index (Phi) is 1.99. The van der Waals surface area contributed by atoms with E-state index in [0.717, 1.165) is 0 Å². The molecule has 0 bridgehead atoms. The van der Waals surface area contributed by atoms with E-state index >= 15 is 0 Å². The summed E-state index contributed by atoms with van der Waals surface area (Å²) in [6.07, 6.45) is 0. The zero-order valence-electron chi connectivity index (χ0n) is 5.63. The Labute approximate surface area is 64.6 Å². The van der Waals surface area contributed by atoms with Crippen molar-refractivity contribution in [1.29, 1.82) is 0 Å². The Morgan fingerprint density at radius 3 is 2.70 bits per heavy atom. The molecule has 1 saturated heterocycles. The summed E-state index contributed by atoms with van der Waals surface area (Å²) in [7, 11) is 0. The van der Waals surface area contributed by atoms with Gasteiger partial charge in [0.15, 0.2) is 5.78 Å². The quantitative estimate of drug-likeness (QED) is 0.473. The third kappa shape index (κ3) is 1.16. The zero-order chi connectivity index (χ0) is 7.72. The third-order valence-corrected chi connectivity index (χ3v) is 2.37. The fourth-order valence-electron chi connectivity index (χ4n) is 0.843. The lowest BCUT2D eigenvalue weighted by atomic mass is 9.98. The molecule has 1 aliphatic rings. The average Bonchev–Trinajstić information content (AvgIpc) is 1.93. The lowest BCUT2D eigenvalue weighted by Crippen LogP contribution is -2.48. The molecule has 1 N–H and O–H groups in total. The number of carbonyl (C=O) groups excluding carboxylic acids is 2. The van der Waals surface area contributed by atoms with Crippen LogP contribution >= 0.6 is 12.6 Å². The van der Waals surface area contributed by atoms with Crippen molar-refractivity contribution in [2.24, 2.45) is 5.92 Å². The number of hydrogen-bond acceptors (Lipinski definition) is 3. The number of Topliss-reactive ketones (excluding diaryl/α,β-unsaturated/α-hetero) is 1. The van der Waals surface area contributed by atoms with E-state index in [0.29, 0.717) is 0 Å². The summed E-state index contributed by atoms with van der Waals surface area (Å²) in [5, 5.41) is 1.99. The molecule has 0 saturated carbocycles. The van der Waals surface area contributed by atoms with E-state index in [1.807, 2.05) is 0 Å². The van der Waals surface area contributed by atoms with E-state index in [9.17, 15) is 9.59 Å². The van der Waals surface area contributed by atoms with Crippen molar-refractivity contribution in [3.05, 3.63) is 0 Å². The van der Waals surface area contributed by atoms with Gasteiger partial charge in [-0.3, -0.25) is 9.59 Å². The van der Waals surface area contributed by atoms with E-state index in [2.05, 4.69) is 17.9 Å². The second-order valence-electron chi connectivity index (χ2n) is 2.42. The highest BCUT2D eigenvalue weighted by Crippen LogP contribution is 2.14. The summed E-state index contributed by atoms with van der Waals surface area (Å²) in [5.74, 6) is -0.327. The molecule has 1 amide bonds. The summed E-state index contributed by atoms with van der Waals surface area (Å²) in [6, 6.07) is 0. The lowest BCUT2D eigenvalue weighted by Gasteiger charge is -2.22. The molecule has 10 heavy (non-hydrogen) atoms. The molecule has 0 aromatic carbocycles. The molecule has 0 aromatic heterocycles. The van der Waals surface area contributed by atoms with Crippen molar-refractivity contribution in [2.75, 3.05) is 6.54 Å². The molecule has 0 radical (unpaired) electrons. The van der Waals surface area contributed by atoms with Crippen LogP contribution in [0.3, 0.4) is 0 Å². The Morgan fingerprint density at radius 2 is 2.20 bits per heavy atom. The molecule has 1 heterocycles. The summed E-state index contributed by atoms with van der Waals surface area (Å²) >= 11 is 3.98. The largest absolute Gasteiger partial charge is 0.348 e. The van der Waals surface area contributed by atoms with Crippen LogP contribution in [0.1, 0.15) is 6.92 Å². The average molecular weight is 159 g/mol. The standard InChI is InChI=1S/C6H9NO2S/c1-3-4(8)2-7-6(9)5(3)10/h3,5,10H,2H2,1H3,(H,7,9). The van der Waals surface area contributed by atoms with Gasteiger partial charge < -0.3 is 5.32 Å². The topological polar surface area (TPSA) is 46.2 Å². The van der Waals surface area contributed by atoms with Gasteiger partial charge in [0.2, 0.25) is 5.91 Å². The van der Waals surface area contributed by atoms with Crippen LogP contribution in [0.4, 0.5) is 0 Å². The highest BCUT2D eigenvalue weighted by Gasteiger charge is 2.31. The molecule has 1 fully saturated rings. The van der Waals surface area contributed by atoms with Crippen LogP contribution < -0.4 is 5.32 Å². The van der Waals surface area contributed by atoms with Gasteiger partial charge in [-0.2, -0.15) is 12.6 Å². The Balaban J connectivity index is 2.69. The number of hydrogen-bond donors (Lipinski definition) is 2. The zero-order valence-corrected chi connectivity index (χ0v) is 6.52. The second kappa shape index (κ2) is 2.62. The smallest absolute Gasteiger partial charge is 0.233 e. The number of carbonyl (C=O) groups is 2. The number of thiol groups is 1. The minimum absolute atomic E-state index is 0.0552. The summed E-state index contributed by atoms with van der Waals surface area (Å²) in [6.45, 7) is 1.88. The molecule has 2 unspecified atom stereocenters. The highest BCUT2D eigenvalue weighted by atomic mass is 32.1. The van der Waals surface area contributed by atoms with Crippen LogP contribution in [0.5, 0.6) is 0 Å². The molecular formula is C6H9NO2S. The molecule has 4 heteroatoms. The molecule has 56 valence electrons. The van der Waals surface area contributed by atoms with Crippen molar-refractivity contribution in [1.82, 2.24) is 5.32 Å². The van der Waals surface area contributed by atoms with E-state index in [-0.39, 0.29) is 24.2 Å². The maximum Gasteiger partial charge on any atom is 0.233 e. The minimum Gasteiger partial charge on any atom is -0.348 e. The first-order valence-corrected chi connectivity index (χ1v) is 3.63. The van der Waals surface area contributed by atoms with Gasteiger partial charge in [-0.25, -0.2) is 0 Å². The Bertz CT molecular complexity index is 161. The Hall–Kier alpha value is -0.510. The van der Waals surface area contributed by atoms with Gasteiger partial charge in [0.05, 0.1) is 11.8 Å². The van der Waals surface area contributed by atoms with Crippen molar-refractivity contribution >= 4 is 24.3 Å². The highest BCUT2D eigenvalue weighted by molar-refractivity contribution is 7.81. The molecule has 0 aromatic rings. The number of ketones is 1. The van der Waals surface area contributed by atoms with Gasteiger partial charge in [-0.1, -0.05) is 6.92 Å². The summed E-state index contributed by atoms with van der Waals surface area (Å²) in [5.41, 5.74) is 0. The van der Waals surface area contributed by atoms with Crippen molar-refractivity contribution in [2.45, 2.75) is 12.2 Å². The second-order valence-corrected chi connectivity index (χ2v) is 2.97. The third-order valence-electron chi connectivity index (χ3n) is 1.69. The van der Waals surface area contributed by atoms with E-state index < -0.39 is 5.25 Å². The summed E-state index contributed by atoms with van der Waals surface area (Å²) < 4.78 is 0. The van der Waals surface area contributed by atoms with Gasteiger partial charge in [0.25, 0.3) is 0 Å². The SMILES string of the molecule is CC1C(=O)CNC(=O)C1S. The first kappa shape index (κ1) is 7.60. The number of nitrogens with one attached hydrogen (secondary N) is 1. The normalized spacial score (nSPS) is 33.8. The van der Waals surface area contributed by atoms with E-state index in [1.54, 1.807) is 6.92 Å². The van der Waals surface area contributed by atoms with Crippen LogP contribution in [0, 0.1) is 5.92 Å². The maximum absolute atomic E-state index is 10.9. The van der Waals surface area contributed by atoms with Crippen molar-refractivity contribution < 1.29 is 9.59 Å². The molecule has 0 aliphatic carbocycles. The molecule has 0 spiro atoms. The lowest BCUT2D eigenvalue weighted by molar-refractivity contribution is -0.132. The fourth-order valence-corrected chi connectivity index (χ4v) is 1.10. The van der Waals surface area contributed by atoms with Crippen LogP contribution in [-0.2, 0) is 9.59 Å². The van der Waals surface area contributed by atoms with E-state index in [4.69, 9.17) is 0 Å². The number of piperidine rings is 1. The molecular weight excluding hydrogens is 150 g/mol. The fraction of sp³-hybridized carbons (Fsp3) is 0.667. The van der Waals surface area contributed by atoms with Gasteiger partial charge in [0, 0.05) is 5.92 Å². The van der Waals surface area contributed by atoms with E-state index in [1.165, 1.54) is 0 Å². The summed E-state index contributed by atoms with van der Waals surface area (Å²) in [4.78, 5) is 21.7. The number of rotatable bonds is 0. The van der Waals surface area contributed by atoms with Crippen molar-refractivity contribution in [3.63, 3.8) is 0 Å². The monoisotopic (exact) mass is 159 g/mol. The van der Waals surface area contributed by atoms with Gasteiger partial charge in [-0.05, 0) is 0 Å². The molecule has 1 aliphatic heterocycles. The predicted molar refractivity (Wildman–Crippen MR) is 40.0 cm³/mol. The minimum atomic E-state index is -0.457. The Morgan fingerprint density at radius 1 is 1.60 bits per heavy atom. The number of amides is 1. The first-order valence-electron chi connectivity index (χ1n) is 3.11. The molecule has 1 rings (SSSR count). The van der Waals surface area contributed by atoms with Crippen LogP contribution in [0.15, 0.2) is 0 Å². The van der Waals surface area contributed by atoms with Crippen LogP contribution in [-0.4, -0.2) is 23.5 Å². The van der Waals surface area contributed by atoms with Gasteiger partial charge in [0.1, 0.15) is 0 Å². The first-order chi connectivity index (χ1) is 4.63. The van der Waals surface area contributed by atoms with Gasteiger partial charge in [-0.15, -0.1) is 0 Å². The molecule has 2 atom stereocenters. The van der Waals surface area contributed by atoms with Crippen molar-refractivity contribution in [3.8, 4) is 0 Å². The predicted octanol–water partition coefficient (Wildman–Crippen LogP) is -0.380. The maximum atomic E-state index is 10.9.